The van der Waals surface area contributed by atoms with Crippen LogP contribution < -0.4 is 10.6 Å². The fourth-order valence-electron chi connectivity index (χ4n) is 1.67. The summed E-state index contributed by atoms with van der Waals surface area (Å²) in [5, 5.41) is 6.11. The van der Waals surface area contributed by atoms with Gasteiger partial charge in [-0.05, 0) is 44.0 Å². The molecule has 2 N–H and O–H groups in total. The maximum atomic E-state index is 11.7. The number of anilines is 1. The molecule has 3 nitrogen and oxygen atoms in total. The number of rotatable bonds is 6. The van der Waals surface area contributed by atoms with Gasteiger partial charge in [-0.1, -0.05) is 26.0 Å². The highest BCUT2D eigenvalue weighted by Crippen LogP contribution is 2.16. The van der Waals surface area contributed by atoms with E-state index >= 15 is 0 Å². The fourth-order valence-corrected chi connectivity index (χ4v) is 1.67. The minimum Gasteiger partial charge on any atom is -0.326 e. The van der Waals surface area contributed by atoms with Gasteiger partial charge in [0.05, 0.1) is 0 Å². The second kappa shape index (κ2) is 7.17. The second-order valence-electron chi connectivity index (χ2n) is 5.11. The number of carbonyl (C=O) groups excluding carboxylic acids is 1. The molecule has 0 fully saturated rings. The van der Waals surface area contributed by atoms with Crippen molar-refractivity contribution in [2.45, 2.75) is 39.7 Å². The molecular formula is C15H24N2O. The monoisotopic (exact) mass is 248 g/mol. The van der Waals surface area contributed by atoms with Gasteiger partial charge in [0.25, 0.3) is 0 Å². The predicted molar refractivity (Wildman–Crippen MR) is 76.6 cm³/mol. The summed E-state index contributed by atoms with van der Waals surface area (Å²) in [6, 6.07) is 8.32. The van der Waals surface area contributed by atoms with E-state index in [0.29, 0.717) is 18.4 Å². The summed E-state index contributed by atoms with van der Waals surface area (Å²) in [6.07, 6.45) is 1.52. The van der Waals surface area contributed by atoms with Crippen LogP contribution in [-0.2, 0) is 4.79 Å². The number of amides is 1. The second-order valence-corrected chi connectivity index (χ2v) is 5.11. The van der Waals surface area contributed by atoms with Gasteiger partial charge in [-0.25, -0.2) is 0 Å². The molecule has 0 aliphatic carbocycles. The smallest absolute Gasteiger partial charge is 0.224 e. The Morgan fingerprint density at radius 2 is 1.78 bits per heavy atom. The maximum Gasteiger partial charge on any atom is 0.224 e. The Bertz CT molecular complexity index is 371. The number of carbonyl (C=O) groups is 1. The first-order chi connectivity index (χ1) is 8.52. The van der Waals surface area contributed by atoms with Crippen LogP contribution in [0.15, 0.2) is 24.3 Å². The van der Waals surface area contributed by atoms with Gasteiger partial charge in [0, 0.05) is 18.2 Å². The minimum absolute atomic E-state index is 0.0955. The topological polar surface area (TPSA) is 41.1 Å². The third-order valence-electron chi connectivity index (χ3n) is 3.08. The van der Waals surface area contributed by atoms with Gasteiger partial charge in [-0.2, -0.15) is 0 Å². The van der Waals surface area contributed by atoms with Crippen molar-refractivity contribution in [3.8, 4) is 0 Å². The Labute approximate surface area is 110 Å². The summed E-state index contributed by atoms with van der Waals surface area (Å²) < 4.78 is 0. The lowest BCUT2D eigenvalue weighted by atomic mass is 10.1. The van der Waals surface area contributed by atoms with Crippen molar-refractivity contribution in [3.05, 3.63) is 29.8 Å². The predicted octanol–water partition coefficient (Wildman–Crippen LogP) is 3.34. The maximum absolute atomic E-state index is 11.7. The molecule has 0 spiro atoms. The van der Waals surface area contributed by atoms with Gasteiger partial charge in [0.2, 0.25) is 5.91 Å². The molecule has 18 heavy (non-hydrogen) atoms. The average molecular weight is 248 g/mol. The molecule has 0 saturated carbocycles. The molecule has 1 rings (SSSR count). The number of hydrogen-bond donors (Lipinski definition) is 2. The van der Waals surface area contributed by atoms with Crippen LogP contribution in [0.1, 0.15) is 45.2 Å². The van der Waals surface area contributed by atoms with Crippen LogP contribution in [0, 0.1) is 5.92 Å². The molecule has 1 aromatic carbocycles. The molecule has 0 aliphatic rings. The number of benzene rings is 1. The SMILES string of the molecule is CNC(C)c1ccc(NC(=O)CCC(C)C)cc1. The zero-order valence-corrected chi connectivity index (χ0v) is 11.8. The largest absolute Gasteiger partial charge is 0.326 e. The van der Waals surface area contributed by atoms with Crippen molar-refractivity contribution in [1.82, 2.24) is 5.32 Å². The Kier molecular flexibility index (Phi) is 5.86. The van der Waals surface area contributed by atoms with Gasteiger partial charge in [-0.15, -0.1) is 0 Å². The highest BCUT2D eigenvalue weighted by molar-refractivity contribution is 5.90. The molecule has 0 saturated heterocycles. The van der Waals surface area contributed by atoms with Gasteiger partial charge in [-0.3, -0.25) is 4.79 Å². The number of hydrogen-bond acceptors (Lipinski definition) is 2. The summed E-state index contributed by atoms with van der Waals surface area (Å²) in [6.45, 7) is 6.36. The lowest BCUT2D eigenvalue weighted by Crippen LogP contribution is -2.13. The van der Waals surface area contributed by atoms with Crippen LogP contribution in [0.25, 0.3) is 0 Å². The molecule has 3 heteroatoms. The highest BCUT2D eigenvalue weighted by atomic mass is 16.1. The molecule has 0 bridgehead atoms. The van der Waals surface area contributed by atoms with Crippen LogP contribution in [0.4, 0.5) is 5.69 Å². The molecule has 1 amide bonds. The van der Waals surface area contributed by atoms with Crippen molar-refractivity contribution in [1.29, 1.82) is 0 Å². The van der Waals surface area contributed by atoms with Crippen LogP contribution in [0.3, 0.4) is 0 Å². The Morgan fingerprint density at radius 1 is 1.17 bits per heavy atom. The summed E-state index contributed by atoms with van der Waals surface area (Å²) >= 11 is 0. The van der Waals surface area contributed by atoms with Gasteiger partial charge in [0.15, 0.2) is 0 Å². The lowest BCUT2D eigenvalue weighted by molar-refractivity contribution is -0.116. The average Bonchev–Trinajstić information content (AvgIpc) is 2.36. The van der Waals surface area contributed by atoms with Gasteiger partial charge >= 0.3 is 0 Å². The normalized spacial score (nSPS) is 12.5. The molecule has 1 aromatic rings. The molecule has 0 aromatic heterocycles. The zero-order chi connectivity index (χ0) is 13.5. The van der Waals surface area contributed by atoms with Gasteiger partial charge < -0.3 is 10.6 Å². The van der Waals surface area contributed by atoms with E-state index in [4.69, 9.17) is 0 Å². The van der Waals surface area contributed by atoms with Crippen molar-refractivity contribution >= 4 is 11.6 Å². The van der Waals surface area contributed by atoms with E-state index in [1.54, 1.807) is 0 Å². The standard InChI is InChI=1S/C15H24N2O/c1-11(2)5-10-15(18)17-14-8-6-13(7-9-14)12(3)16-4/h6-9,11-12,16H,5,10H2,1-4H3,(H,17,18). The summed E-state index contributed by atoms with van der Waals surface area (Å²) in [5.74, 6) is 0.660. The highest BCUT2D eigenvalue weighted by Gasteiger charge is 2.05. The fraction of sp³-hybridized carbons (Fsp3) is 0.533. The van der Waals surface area contributed by atoms with E-state index < -0.39 is 0 Å². The minimum atomic E-state index is 0.0955. The van der Waals surface area contributed by atoms with Crippen LogP contribution in [0.2, 0.25) is 0 Å². The Hall–Kier alpha value is -1.35. The summed E-state index contributed by atoms with van der Waals surface area (Å²) in [5.41, 5.74) is 2.09. The zero-order valence-electron chi connectivity index (χ0n) is 11.8. The van der Waals surface area contributed by atoms with E-state index in [0.717, 1.165) is 12.1 Å². The van der Waals surface area contributed by atoms with Crippen molar-refractivity contribution in [2.24, 2.45) is 5.92 Å². The summed E-state index contributed by atoms with van der Waals surface area (Å²) in [7, 11) is 1.94. The van der Waals surface area contributed by atoms with E-state index in [-0.39, 0.29) is 5.91 Å². The van der Waals surface area contributed by atoms with E-state index in [1.807, 2.05) is 31.3 Å². The van der Waals surface area contributed by atoms with E-state index in [9.17, 15) is 4.79 Å². The molecule has 1 unspecified atom stereocenters. The Balaban J connectivity index is 2.50. The van der Waals surface area contributed by atoms with Gasteiger partial charge in [0.1, 0.15) is 0 Å². The van der Waals surface area contributed by atoms with Crippen molar-refractivity contribution in [2.75, 3.05) is 12.4 Å². The van der Waals surface area contributed by atoms with E-state index in [2.05, 4.69) is 31.4 Å². The lowest BCUT2D eigenvalue weighted by Gasteiger charge is -2.12. The molecule has 1 atom stereocenters. The van der Waals surface area contributed by atoms with Crippen molar-refractivity contribution < 1.29 is 4.79 Å². The first-order valence-corrected chi connectivity index (χ1v) is 6.60. The first kappa shape index (κ1) is 14.7. The first-order valence-electron chi connectivity index (χ1n) is 6.60. The molecular weight excluding hydrogens is 224 g/mol. The molecule has 0 radical (unpaired) electrons. The van der Waals surface area contributed by atoms with Crippen molar-refractivity contribution in [3.63, 3.8) is 0 Å². The summed E-state index contributed by atoms with van der Waals surface area (Å²) in [4.78, 5) is 11.7. The molecule has 100 valence electrons. The van der Waals surface area contributed by atoms with Crippen LogP contribution >= 0.6 is 0 Å². The van der Waals surface area contributed by atoms with Crippen LogP contribution in [0.5, 0.6) is 0 Å². The Morgan fingerprint density at radius 3 is 2.28 bits per heavy atom. The van der Waals surface area contributed by atoms with E-state index in [1.165, 1.54) is 5.56 Å². The third-order valence-corrected chi connectivity index (χ3v) is 3.08. The quantitative estimate of drug-likeness (QED) is 0.810. The van der Waals surface area contributed by atoms with Crippen LogP contribution in [-0.4, -0.2) is 13.0 Å². The number of nitrogens with one attached hydrogen (secondary N) is 2. The molecule has 0 heterocycles. The molecule has 0 aliphatic heterocycles. The third kappa shape index (κ3) is 4.88.